The van der Waals surface area contributed by atoms with Crippen molar-refractivity contribution in [2.75, 3.05) is 25.5 Å². The number of ketones is 1. The molecule has 8 nitrogen and oxygen atoms in total. The van der Waals surface area contributed by atoms with Crippen molar-refractivity contribution in [3.8, 4) is 5.75 Å². The van der Waals surface area contributed by atoms with Crippen LogP contribution in [0.2, 0.25) is 0 Å². The molecular weight excluding hydrogens is 466 g/mol. The number of nitrogens with zero attached hydrogens (tertiary/aromatic N) is 2. The third-order valence-corrected chi connectivity index (χ3v) is 6.84. The molecule has 0 spiro atoms. The van der Waals surface area contributed by atoms with Crippen LogP contribution in [-0.2, 0) is 11.2 Å². The predicted molar refractivity (Wildman–Crippen MR) is 132 cm³/mol. The van der Waals surface area contributed by atoms with Gasteiger partial charge in [0.25, 0.3) is 11.7 Å². The van der Waals surface area contributed by atoms with Crippen molar-refractivity contribution in [3.05, 3.63) is 77.2 Å². The van der Waals surface area contributed by atoms with Gasteiger partial charge in [-0.05, 0) is 36.5 Å². The van der Waals surface area contributed by atoms with Gasteiger partial charge in [-0.15, -0.1) is 11.3 Å². The Bertz CT molecular complexity index is 1380. The molecule has 0 saturated carbocycles. The van der Waals surface area contributed by atoms with Crippen molar-refractivity contribution in [1.82, 2.24) is 9.88 Å². The van der Waals surface area contributed by atoms with Crippen molar-refractivity contribution in [3.63, 3.8) is 0 Å². The van der Waals surface area contributed by atoms with E-state index in [9.17, 15) is 14.4 Å². The molecular formula is C26H23N3O5S. The van der Waals surface area contributed by atoms with Gasteiger partial charge in [-0.3, -0.25) is 19.7 Å². The lowest BCUT2D eigenvalue weighted by molar-refractivity contribution is -0.112. The first-order valence-electron chi connectivity index (χ1n) is 11.2. The molecule has 35 heavy (non-hydrogen) atoms. The SMILES string of the molecule is COc1cc2coc(C(=O)C(=O)Nc3nccs3)c2cc1C(=O)N1CCC(Cc2ccccc2)C1. The van der Waals surface area contributed by atoms with E-state index >= 15 is 0 Å². The molecule has 1 atom stereocenters. The average Bonchev–Trinajstić information content (AvgIpc) is 3.64. The molecule has 2 amide bonds. The minimum absolute atomic E-state index is 0.130. The summed E-state index contributed by atoms with van der Waals surface area (Å²) < 4.78 is 10.9. The summed E-state index contributed by atoms with van der Waals surface area (Å²) in [5, 5.41) is 5.41. The number of Topliss-reactive ketones (excluding diaryl/α,β-unsaturated/α-hetero) is 1. The van der Waals surface area contributed by atoms with Crippen molar-refractivity contribution >= 4 is 44.8 Å². The molecule has 0 radical (unpaired) electrons. The first-order chi connectivity index (χ1) is 17.0. The fourth-order valence-corrected chi connectivity index (χ4v) is 4.96. The normalized spacial score (nSPS) is 15.3. The van der Waals surface area contributed by atoms with Crippen molar-refractivity contribution in [2.45, 2.75) is 12.8 Å². The molecule has 4 aromatic rings. The van der Waals surface area contributed by atoms with Gasteiger partial charge < -0.3 is 14.1 Å². The van der Waals surface area contributed by atoms with Crippen LogP contribution >= 0.6 is 11.3 Å². The van der Waals surface area contributed by atoms with E-state index in [-0.39, 0.29) is 11.7 Å². The number of rotatable bonds is 7. The van der Waals surface area contributed by atoms with E-state index in [1.165, 1.54) is 36.5 Å². The summed E-state index contributed by atoms with van der Waals surface area (Å²) in [5.41, 5.74) is 1.58. The Labute approximate surface area is 205 Å². The maximum absolute atomic E-state index is 13.5. The maximum atomic E-state index is 13.5. The Balaban J connectivity index is 1.38. The van der Waals surface area contributed by atoms with E-state index in [2.05, 4.69) is 22.4 Å². The fourth-order valence-electron chi connectivity index (χ4n) is 4.43. The number of ether oxygens (including phenoxy) is 1. The number of benzene rings is 2. The first kappa shape index (κ1) is 22.8. The largest absolute Gasteiger partial charge is 0.496 e. The standard InChI is InChI=1S/C26H23N3O5S/c1-33-21-12-18-15-34-23(22(30)24(31)28-26-27-8-10-35-26)19(18)13-20(21)25(32)29-9-7-17(14-29)11-16-5-3-2-4-6-16/h2-6,8,10,12-13,15,17H,7,9,11,14H2,1H3,(H,27,28,31). The number of carbonyl (C=O) groups is 3. The van der Waals surface area contributed by atoms with E-state index in [0.29, 0.717) is 46.2 Å². The number of nitrogens with one attached hydrogen (secondary N) is 1. The molecule has 178 valence electrons. The molecule has 1 N–H and O–H groups in total. The summed E-state index contributed by atoms with van der Waals surface area (Å²) in [6.07, 6.45) is 4.73. The van der Waals surface area contributed by atoms with Gasteiger partial charge in [0.1, 0.15) is 5.75 Å². The Kier molecular flexibility index (Phi) is 6.33. The number of fused-ring (bicyclic) bond motifs is 1. The number of methoxy groups -OCH3 is 1. The summed E-state index contributed by atoms with van der Waals surface area (Å²) in [7, 11) is 1.49. The van der Waals surface area contributed by atoms with Crippen molar-refractivity contribution in [2.24, 2.45) is 5.92 Å². The van der Waals surface area contributed by atoms with Gasteiger partial charge in [0.2, 0.25) is 0 Å². The summed E-state index contributed by atoms with van der Waals surface area (Å²) in [4.78, 5) is 44.5. The lowest BCUT2D eigenvalue weighted by Gasteiger charge is -2.18. The monoisotopic (exact) mass is 489 g/mol. The number of furan rings is 1. The fraction of sp³-hybridized carbons (Fsp3) is 0.231. The second kappa shape index (κ2) is 9.71. The first-order valence-corrected chi connectivity index (χ1v) is 12.1. The van der Waals surface area contributed by atoms with Gasteiger partial charge in [-0.2, -0.15) is 0 Å². The Morgan fingerprint density at radius 2 is 2.06 bits per heavy atom. The third-order valence-electron chi connectivity index (χ3n) is 6.16. The van der Waals surface area contributed by atoms with Crippen LogP contribution in [0, 0.1) is 5.92 Å². The lowest BCUT2D eigenvalue weighted by atomic mass is 9.99. The number of carbonyl (C=O) groups excluding carboxylic acids is 3. The zero-order valence-electron chi connectivity index (χ0n) is 19.0. The summed E-state index contributed by atoms with van der Waals surface area (Å²) in [6, 6.07) is 13.5. The number of thiazole rings is 1. The maximum Gasteiger partial charge on any atom is 0.301 e. The second-order valence-corrected chi connectivity index (χ2v) is 9.32. The Hall–Kier alpha value is -3.98. The summed E-state index contributed by atoms with van der Waals surface area (Å²) >= 11 is 1.20. The molecule has 9 heteroatoms. The van der Waals surface area contributed by atoms with Crippen molar-refractivity contribution in [1.29, 1.82) is 0 Å². The second-order valence-electron chi connectivity index (χ2n) is 8.42. The third kappa shape index (κ3) is 4.67. The van der Waals surface area contributed by atoms with E-state index in [4.69, 9.17) is 9.15 Å². The number of aromatic nitrogens is 1. The van der Waals surface area contributed by atoms with Gasteiger partial charge >= 0.3 is 5.91 Å². The molecule has 1 aliphatic heterocycles. The minimum atomic E-state index is -0.858. The Morgan fingerprint density at radius 3 is 2.80 bits per heavy atom. The predicted octanol–water partition coefficient (Wildman–Crippen LogP) is 4.42. The molecule has 5 rings (SSSR count). The summed E-state index contributed by atoms with van der Waals surface area (Å²) in [6.45, 7) is 1.28. The lowest BCUT2D eigenvalue weighted by Crippen LogP contribution is -2.29. The minimum Gasteiger partial charge on any atom is -0.496 e. The van der Waals surface area contributed by atoms with Gasteiger partial charge in [0.05, 0.1) is 18.9 Å². The quantitative estimate of drug-likeness (QED) is 0.305. The topological polar surface area (TPSA) is 102 Å². The highest BCUT2D eigenvalue weighted by Crippen LogP contribution is 2.32. The van der Waals surface area contributed by atoms with Gasteiger partial charge in [-0.25, -0.2) is 4.98 Å². The highest BCUT2D eigenvalue weighted by atomic mass is 32.1. The van der Waals surface area contributed by atoms with Crippen LogP contribution in [0.15, 0.2) is 64.7 Å². The number of amides is 2. The molecule has 1 aliphatic rings. The highest BCUT2D eigenvalue weighted by Gasteiger charge is 2.30. The molecule has 0 aliphatic carbocycles. The number of likely N-dealkylation sites (tertiary alicyclic amines) is 1. The van der Waals surface area contributed by atoms with E-state index in [0.717, 1.165) is 12.8 Å². The van der Waals surface area contributed by atoms with Crippen LogP contribution in [0.5, 0.6) is 5.75 Å². The molecule has 2 aromatic heterocycles. The highest BCUT2D eigenvalue weighted by molar-refractivity contribution is 7.13. The zero-order chi connectivity index (χ0) is 24.4. The number of anilines is 1. The van der Waals surface area contributed by atoms with Crippen molar-refractivity contribution < 1.29 is 23.5 Å². The van der Waals surface area contributed by atoms with E-state index in [1.807, 2.05) is 23.1 Å². The number of hydrogen-bond donors (Lipinski definition) is 1. The molecule has 0 bridgehead atoms. The molecule has 2 aromatic carbocycles. The molecule has 1 saturated heterocycles. The molecule has 1 unspecified atom stereocenters. The molecule has 1 fully saturated rings. The van der Waals surface area contributed by atoms with E-state index < -0.39 is 11.7 Å². The van der Waals surface area contributed by atoms with Crippen LogP contribution in [0.3, 0.4) is 0 Å². The van der Waals surface area contributed by atoms with Crippen LogP contribution in [0.25, 0.3) is 10.8 Å². The van der Waals surface area contributed by atoms with Crippen LogP contribution < -0.4 is 10.1 Å². The van der Waals surface area contributed by atoms with Gasteiger partial charge in [0.15, 0.2) is 10.9 Å². The Morgan fingerprint density at radius 1 is 1.23 bits per heavy atom. The zero-order valence-corrected chi connectivity index (χ0v) is 19.8. The van der Waals surface area contributed by atoms with Crippen LogP contribution in [-0.4, -0.2) is 47.7 Å². The van der Waals surface area contributed by atoms with Crippen LogP contribution in [0.4, 0.5) is 5.13 Å². The average molecular weight is 490 g/mol. The summed E-state index contributed by atoms with van der Waals surface area (Å²) in [5.74, 6) is -1.25. The molecule has 3 heterocycles. The van der Waals surface area contributed by atoms with Crippen LogP contribution in [0.1, 0.15) is 32.9 Å². The smallest absolute Gasteiger partial charge is 0.301 e. The van der Waals surface area contributed by atoms with Gasteiger partial charge in [-0.1, -0.05) is 30.3 Å². The van der Waals surface area contributed by atoms with Gasteiger partial charge in [0, 0.05) is 35.4 Å². The number of hydrogen-bond acceptors (Lipinski definition) is 7. The van der Waals surface area contributed by atoms with E-state index in [1.54, 1.807) is 17.5 Å².